The number of nitrogens with zero attached hydrogens (tertiary/aromatic N) is 1. The maximum absolute atomic E-state index is 10.7. The highest BCUT2D eigenvalue weighted by molar-refractivity contribution is 5.99. The first-order valence-electron chi connectivity index (χ1n) is 5.12. The molecule has 0 aliphatic rings. The van der Waals surface area contributed by atoms with Crippen molar-refractivity contribution in [3.8, 4) is 0 Å². The molecule has 0 aromatic heterocycles. The smallest absolute Gasteiger partial charge is 0.279 e. The first-order valence-corrected chi connectivity index (χ1v) is 5.12. The average Bonchev–Trinajstić information content (AvgIpc) is 2.31. The minimum Gasteiger partial charge on any atom is -0.398 e. The highest BCUT2D eigenvalue weighted by atomic mass is 16.6. The molecule has 2 rings (SSSR count). The summed E-state index contributed by atoms with van der Waals surface area (Å²) in [5, 5.41) is 12.0. The van der Waals surface area contributed by atoms with Gasteiger partial charge in [0.1, 0.15) is 0 Å². The summed E-state index contributed by atoms with van der Waals surface area (Å²) in [4.78, 5) is 10.3. The summed E-state index contributed by atoms with van der Waals surface area (Å²) < 4.78 is 0. The summed E-state index contributed by atoms with van der Waals surface area (Å²) in [6.45, 7) is 4.00. The zero-order chi connectivity index (χ0) is 12.1. The quantitative estimate of drug-likeness (QED) is 0.453. The molecule has 4 nitrogen and oxygen atoms in total. The highest BCUT2D eigenvalue weighted by Crippen LogP contribution is 2.29. The standard InChI is InChI=1S/C10H8N2O2.C2H6/c11-8-5-1-3-7-4-2-6-9(10(7)8)12(13)14;1-2/h1-6H,11H2;1-2H3. The summed E-state index contributed by atoms with van der Waals surface area (Å²) in [6.07, 6.45) is 0. The third-order valence-corrected chi connectivity index (χ3v) is 2.11. The molecule has 0 aliphatic heterocycles. The van der Waals surface area contributed by atoms with Crippen molar-refractivity contribution in [2.75, 3.05) is 5.73 Å². The van der Waals surface area contributed by atoms with Gasteiger partial charge < -0.3 is 5.73 Å². The number of anilines is 1. The Morgan fingerprint density at radius 1 is 1.12 bits per heavy atom. The molecule has 0 aliphatic carbocycles. The molecule has 2 aromatic carbocycles. The van der Waals surface area contributed by atoms with Gasteiger partial charge in [-0.05, 0) is 11.5 Å². The lowest BCUT2D eigenvalue weighted by molar-refractivity contribution is -0.383. The second-order valence-electron chi connectivity index (χ2n) is 2.98. The van der Waals surface area contributed by atoms with Crippen LogP contribution in [0.1, 0.15) is 13.8 Å². The predicted molar refractivity (Wildman–Crippen MR) is 66.4 cm³/mol. The summed E-state index contributed by atoms with van der Waals surface area (Å²) in [6, 6.07) is 10.2. The molecule has 0 spiro atoms. The van der Waals surface area contributed by atoms with Gasteiger partial charge in [-0.15, -0.1) is 0 Å². The molecule has 16 heavy (non-hydrogen) atoms. The minimum atomic E-state index is -0.418. The fourth-order valence-electron chi connectivity index (χ4n) is 1.50. The van der Waals surface area contributed by atoms with E-state index in [1.54, 1.807) is 30.3 Å². The molecule has 0 radical (unpaired) electrons. The van der Waals surface area contributed by atoms with Crippen LogP contribution in [0.2, 0.25) is 0 Å². The van der Waals surface area contributed by atoms with Crippen molar-refractivity contribution in [1.82, 2.24) is 0 Å². The van der Waals surface area contributed by atoms with Crippen LogP contribution in [0.3, 0.4) is 0 Å². The van der Waals surface area contributed by atoms with Gasteiger partial charge in [-0.3, -0.25) is 10.1 Å². The van der Waals surface area contributed by atoms with E-state index < -0.39 is 4.92 Å². The lowest BCUT2D eigenvalue weighted by atomic mass is 10.1. The van der Waals surface area contributed by atoms with Crippen molar-refractivity contribution in [1.29, 1.82) is 0 Å². The van der Waals surface area contributed by atoms with Gasteiger partial charge in [0.15, 0.2) is 0 Å². The van der Waals surface area contributed by atoms with Crippen LogP contribution >= 0.6 is 0 Å². The molecule has 2 N–H and O–H groups in total. The third-order valence-electron chi connectivity index (χ3n) is 2.11. The Balaban J connectivity index is 0.000000606. The van der Waals surface area contributed by atoms with Gasteiger partial charge >= 0.3 is 0 Å². The van der Waals surface area contributed by atoms with Crippen molar-refractivity contribution < 1.29 is 4.92 Å². The second-order valence-corrected chi connectivity index (χ2v) is 2.98. The van der Waals surface area contributed by atoms with Crippen LogP contribution in [0.5, 0.6) is 0 Å². The van der Waals surface area contributed by atoms with E-state index in [9.17, 15) is 10.1 Å². The lowest BCUT2D eigenvalue weighted by Crippen LogP contribution is -1.93. The first kappa shape index (κ1) is 12.0. The number of nitrogen functional groups attached to an aromatic ring is 1. The zero-order valence-corrected chi connectivity index (χ0v) is 9.31. The number of nitro benzene ring substituents is 1. The van der Waals surface area contributed by atoms with Crippen LogP contribution in [0.4, 0.5) is 11.4 Å². The van der Waals surface area contributed by atoms with E-state index in [1.165, 1.54) is 6.07 Å². The normalized spacial score (nSPS) is 9.38. The summed E-state index contributed by atoms with van der Waals surface area (Å²) >= 11 is 0. The monoisotopic (exact) mass is 218 g/mol. The van der Waals surface area contributed by atoms with Crippen molar-refractivity contribution in [2.45, 2.75) is 13.8 Å². The van der Waals surface area contributed by atoms with E-state index in [2.05, 4.69) is 0 Å². The number of nitro groups is 1. The van der Waals surface area contributed by atoms with Gasteiger partial charge in [0, 0.05) is 11.8 Å². The van der Waals surface area contributed by atoms with Crippen LogP contribution in [0.25, 0.3) is 10.8 Å². The number of hydrogen-bond acceptors (Lipinski definition) is 3. The van der Waals surface area contributed by atoms with Gasteiger partial charge in [0.25, 0.3) is 5.69 Å². The van der Waals surface area contributed by atoms with Crippen LogP contribution in [-0.4, -0.2) is 4.92 Å². The van der Waals surface area contributed by atoms with Gasteiger partial charge in [-0.2, -0.15) is 0 Å². The zero-order valence-electron chi connectivity index (χ0n) is 9.31. The Morgan fingerprint density at radius 2 is 1.69 bits per heavy atom. The third kappa shape index (κ3) is 2.11. The van der Waals surface area contributed by atoms with Crippen molar-refractivity contribution >= 4 is 22.1 Å². The topological polar surface area (TPSA) is 69.2 Å². The lowest BCUT2D eigenvalue weighted by Gasteiger charge is -2.01. The molecule has 4 heteroatoms. The maximum Gasteiger partial charge on any atom is 0.279 e. The summed E-state index contributed by atoms with van der Waals surface area (Å²) in [5.41, 5.74) is 6.19. The largest absolute Gasteiger partial charge is 0.398 e. The fourth-order valence-corrected chi connectivity index (χ4v) is 1.50. The van der Waals surface area contributed by atoms with E-state index in [1.807, 2.05) is 13.8 Å². The molecule has 0 unspecified atom stereocenters. The molecule has 0 atom stereocenters. The van der Waals surface area contributed by atoms with Crippen LogP contribution in [0, 0.1) is 10.1 Å². The first-order chi connectivity index (χ1) is 7.70. The van der Waals surface area contributed by atoms with E-state index in [0.717, 1.165) is 5.39 Å². The molecular weight excluding hydrogens is 204 g/mol. The Morgan fingerprint density at radius 3 is 2.25 bits per heavy atom. The van der Waals surface area contributed by atoms with E-state index >= 15 is 0 Å². The van der Waals surface area contributed by atoms with Crippen molar-refractivity contribution in [3.63, 3.8) is 0 Å². The number of nitrogens with two attached hydrogens (primary N) is 1. The van der Waals surface area contributed by atoms with Gasteiger partial charge in [0.2, 0.25) is 0 Å². The summed E-state index contributed by atoms with van der Waals surface area (Å²) in [7, 11) is 0. The number of hydrogen-bond donors (Lipinski definition) is 1. The number of rotatable bonds is 1. The maximum atomic E-state index is 10.7. The van der Waals surface area contributed by atoms with Gasteiger partial charge in [-0.1, -0.05) is 38.1 Å². The summed E-state index contributed by atoms with van der Waals surface area (Å²) in [5.74, 6) is 0. The van der Waals surface area contributed by atoms with Crippen LogP contribution in [-0.2, 0) is 0 Å². The van der Waals surface area contributed by atoms with E-state index in [-0.39, 0.29) is 5.69 Å². The van der Waals surface area contributed by atoms with E-state index in [4.69, 9.17) is 5.73 Å². The minimum absolute atomic E-state index is 0.0561. The number of benzene rings is 2. The van der Waals surface area contributed by atoms with E-state index in [0.29, 0.717) is 11.1 Å². The Bertz CT molecular complexity index is 504. The van der Waals surface area contributed by atoms with Gasteiger partial charge in [0.05, 0.1) is 10.3 Å². The Hall–Kier alpha value is -2.10. The molecular formula is C12H14N2O2. The Labute approximate surface area is 93.8 Å². The van der Waals surface area contributed by atoms with Crippen LogP contribution in [0.15, 0.2) is 36.4 Å². The molecule has 2 aromatic rings. The number of non-ortho nitro benzene ring substituents is 1. The molecule has 0 heterocycles. The molecule has 0 saturated heterocycles. The number of fused-ring (bicyclic) bond motifs is 1. The average molecular weight is 218 g/mol. The van der Waals surface area contributed by atoms with Crippen molar-refractivity contribution in [2.24, 2.45) is 0 Å². The molecule has 0 fully saturated rings. The predicted octanol–water partition coefficient (Wildman–Crippen LogP) is 3.36. The van der Waals surface area contributed by atoms with Gasteiger partial charge in [-0.25, -0.2) is 0 Å². The fraction of sp³-hybridized carbons (Fsp3) is 0.167. The highest BCUT2D eigenvalue weighted by Gasteiger charge is 2.12. The Kier molecular flexibility index (Phi) is 3.83. The molecule has 84 valence electrons. The van der Waals surface area contributed by atoms with Crippen LogP contribution < -0.4 is 5.73 Å². The van der Waals surface area contributed by atoms with Crippen molar-refractivity contribution in [3.05, 3.63) is 46.5 Å². The molecule has 0 saturated carbocycles. The molecule has 0 amide bonds. The second kappa shape index (κ2) is 5.11. The SMILES string of the molecule is CC.Nc1cccc2cccc([N+](=O)[O-])c12. The molecule has 0 bridgehead atoms.